The van der Waals surface area contributed by atoms with Crippen LogP contribution in [0, 0.1) is 0 Å². The number of amides is 2. The summed E-state index contributed by atoms with van der Waals surface area (Å²) in [5.74, 6) is -2.55. The van der Waals surface area contributed by atoms with Crippen LogP contribution in [0.3, 0.4) is 0 Å². The Morgan fingerprint density at radius 3 is 2.76 bits per heavy atom. The number of hydrogen-bond donors (Lipinski definition) is 3. The Hall–Kier alpha value is -3.78. The van der Waals surface area contributed by atoms with Crippen molar-refractivity contribution in [3.05, 3.63) is 17.1 Å². The molecule has 2 aliphatic heterocycles. The van der Waals surface area contributed by atoms with Gasteiger partial charge in [-0.1, -0.05) is 16.9 Å². The fraction of sp³-hybridized carbons (Fsp3) is 0.545. The van der Waals surface area contributed by atoms with Gasteiger partial charge >= 0.3 is 11.9 Å². The van der Waals surface area contributed by atoms with Gasteiger partial charge < -0.3 is 25.7 Å². The molecule has 4 N–H and O–H groups in total. The molecule has 2 aromatic rings. The monoisotopic (exact) mass is 638 g/mol. The number of anilines is 1. The molecule has 1 saturated carbocycles. The van der Waals surface area contributed by atoms with Crippen molar-refractivity contribution in [3.63, 3.8) is 0 Å². The molecule has 1 unspecified atom stereocenters. The first-order chi connectivity index (χ1) is 20.3. The Kier molecular flexibility index (Phi) is 9.21. The summed E-state index contributed by atoms with van der Waals surface area (Å²) in [7, 11) is 1.28. The van der Waals surface area contributed by atoms with E-state index in [1.54, 1.807) is 0 Å². The minimum Gasteiger partial charge on any atom is -0.477 e. The lowest BCUT2D eigenvalue weighted by molar-refractivity contribution is -0.150. The van der Waals surface area contributed by atoms with Crippen molar-refractivity contribution >= 4 is 69.7 Å². The lowest BCUT2D eigenvalue weighted by Crippen LogP contribution is -2.71. The van der Waals surface area contributed by atoms with Gasteiger partial charge in [0.15, 0.2) is 5.13 Å². The number of rotatable bonds is 12. The van der Waals surface area contributed by atoms with Gasteiger partial charge in [-0.05, 0) is 41.7 Å². The number of aromatic nitrogens is 6. The van der Waals surface area contributed by atoms with Crippen molar-refractivity contribution in [2.24, 2.45) is 5.16 Å². The van der Waals surface area contributed by atoms with Gasteiger partial charge in [0, 0.05) is 23.0 Å². The second-order valence-corrected chi connectivity index (χ2v) is 12.2. The van der Waals surface area contributed by atoms with Gasteiger partial charge in [-0.2, -0.15) is 9.36 Å². The number of ether oxygens (including phenoxy) is 1. The van der Waals surface area contributed by atoms with Crippen molar-refractivity contribution in [3.8, 4) is 0 Å². The highest BCUT2D eigenvalue weighted by Gasteiger charge is 2.54. The Morgan fingerprint density at radius 2 is 2.07 bits per heavy atom. The van der Waals surface area contributed by atoms with E-state index < -0.39 is 35.2 Å². The zero-order chi connectivity index (χ0) is 29.8. The van der Waals surface area contributed by atoms with Crippen LogP contribution in [0.4, 0.5) is 5.13 Å². The summed E-state index contributed by atoms with van der Waals surface area (Å²) in [6.45, 7) is 0.190. The van der Waals surface area contributed by atoms with Crippen molar-refractivity contribution in [1.82, 2.24) is 39.8 Å². The van der Waals surface area contributed by atoms with E-state index in [2.05, 4.69) is 40.1 Å². The maximum atomic E-state index is 13.2. The third-order valence-corrected chi connectivity index (χ3v) is 9.56. The van der Waals surface area contributed by atoms with E-state index in [9.17, 15) is 24.3 Å². The number of nitrogens with one attached hydrogen (secondary N) is 1. The molecule has 17 nitrogen and oxygen atoms in total. The number of esters is 1. The third kappa shape index (κ3) is 6.33. The number of carbonyl (C=O) groups is 4. The van der Waals surface area contributed by atoms with E-state index in [4.69, 9.17) is 10.6 Å². The van der Waals surface area contributed by atoms with E-state index in [0.29, 0.717) is 10.7 Å². The fourth-order valence-electron chi connectivity index (χ4n) is 4.53. The number of carboxylic acids is 1. The number of aliphatic carboxylic acids is 1. The first-order valence-electron chi connectivity index (χ1n) is 12.8. The second-order valence-electron chi connectivity index (χ2n) is 9.33. The van der Waals surface area contributed by atoms with Gasteiger partial charge in [0.25, 0.3) is 11.8 Å². The van der Waals surface area contributed by atoms with Gasteiger partial charge in [0.1, 0.15) is 23.2 Å². The van der Waals surface area contributed by atoms with Crippen LogP contribution in [0.15, 0.2) is 21.6 Å². The standard InChI is InChI=1S/C22H26N10O7S3/c1-38-12(33)6-7-31-22(26-29-30-31)41-9-10-8-40-19-14(18(35)32(19)15(10)20(36)37)24-17(34)13(16-25-21(23)42-28-16)27-39-11-4-2-3-5-11/h11,14,19H,2-9H2,1H3,(H,24,34)(H,36,37)(H2,23,25,28)/t14?,19-/m0/s1. The average Bonchev–Trinajstić information content (AvgIpc) is 3.76. The van der Waals surface area contributed by atoms with E-state index in [1.807, 2.05) is 0 Å². The number of carbonyl (C=O) groups excluding carboxylic acids is 3. The predicted octanol–water partition coefficient (Wildman–Crippen LogP) is -0.136. The number of methoxy groups -OCH3 is 1. The molecule has 2 aromatic heterocycles. The van der Waals surface area contributed by atoms with E-state index in [-0.39, 0.29) is 52.9 Å². The van der Waals surface area contributed by atoms with Crippen molar-refractivity contribution < 1.29 is 33.9 Å². The number of tetrazole rings is 1. The van der Waals surface area contributed by atoms with Gasteiger partial charge in [-0.15, -0.1) is 16.9 Å². The molecule has 0 aromatic carbocycles. The number of nitrogens with two attached hydrogens (primary N) is 1. The number of oxime groups is 1. The lowest BCUT2D eigenvalue weighted by Gasteiger charge is -2.49. The number of β-lactam (4-membered cyclic amide) rings is 1. The molecular formula is C22H26N10O7S3. The number of thioether (sulfide) groups is 2. The minimum atomic E-state index is -1.27. The number of nitrogen functional groups attached to an aromatic ring is 1. The highest BCUT2D eigenvalue weighted by Crippen LogP contribution is 2.41. The molecule has 0 spiro atoms. The molecule has 20 heteroatoms. The summed E-state index contributed by atoms with van der Waals surface area (Å²) in [6.07, 6.45) is 3.56. The smallest absolute Gasteiger partial charge is 0.352 e. The van der Waals surface area contributed by atoms with E-state index in [1.165, 1.54) is 40.2 Å². The highest BCUT2D eigenvalue weighted by molar-refractivity contribution is 8.01. The quantitative estimate of drug-likeness (QED) is 0.0903. The Labute approximate surface area is 250 Å². The van der Waals surface area contributed by atoms with Gasteiger partial charge in [-0.3, -0.25) is 19.3 Å². The Balaban J connectivity index is 1.27. The van der Waals surface area contributed by atoms with Crippen LogP contribution in [0.2, 0.25) is 0 Å². The minimum absolute atomic E-state index is 0.0210. The van der Waals surface area contributed by atoms with Crippen LogP contribution in [0.5, 0.6) is 0 Å². The molecule has 4 heterocycles. The number of aryl methyl sites for hydroxylation is 1. The number of fused-ring (bicyclic) bond motifs is 1. The maximum absolute atomic E-state index is 13.2. The Morgan fingerprint density at radius 1 is 1.29 bits per heavy atom. The third-order valence-electron chi connectivity index (χ3n) is 6.63. The topological polar surface area (TPSA) is 230 Å². The summed E-state index contributed by atoms with van der Waals surface area (Å²) < 4.78 is 10.1. The lowest BCUT2D eigenvalue weighted by atomic mass is 10.0. The zero-order valence-electron chi connectivity index (χ0n) is 22.2. The van der Waals surface area contributed by atoms with Gasteiger partial charge in [0.2, 0.25) is 16.7 Å². The maximum Gasteiger partial charge on any atom is 0.352 e. The van der Waals surface area contributed by atoms with Crippen LogP contribution in [-0.4, -0.2) is 105 Å². The highest BCUT2D eigenvalue weighted by atomic mass is 32.2. The largest absolute Gasteiger partial charge is 0.477 e. The number of carboxylic acid groups (broad SMARTS) is 1. The normalized spacial score (nSPS) is 20.7. The Bertz CT molecular complexity index is 1440. The first kappa shape index (κ1) is 29.7. The molecule has 3 aliphatic rings. The number of hydrogen-bond acceptors (Lipinski definition) is 16. The van der Waals surface area contributed by atoms with Crippen LogP contribution in [-0.2, 0) is 35.3 Å². The summed E-state index contributed by atoms with van der Waals surface area (Å²) in [4.78, 5) is 60.9. The molecule has 2 fully saturated rings. The molecule has 5 rings (SSSR count). The molecular weight excluding hydrogens is 613 g/mol. The van der Waals surface area contributed by atoms with Crippen LogP contribution in [0.1, 0.15) is 37.9 Å². The molecule has 42 heavy (non-hydrogen) atoms. The van der Waals surface area contributed by atoms with E-state index >= 15 is 0 Å². The SMILES string of the molecule is COC(=O)CCn1nnnc1SCC1=C(C(=O)O)N2C(=O)C(NC(=O)C(=NOC3CCCC3)c3nsc(N)n3)[C@@H]2SC1. The molecule has 1 aliphatic carbocycles. The molecule has 224 valence electrons. The summed E-state index contributed by atoms with van der Waals surface area (Å²) in [6, 6.07) is -0.996. The summed E-state index contributed by atoms with van der Waals surface area (Å²) in [5, 5.41) is 27.9. The molecule has 2 amide bonds. The second kappa shape index (κ2) is 13.0. The fourth-order valence-corrected chi connectivity index (χ4v) is 7.35. The predicted molar refractivity (Wildman–Crippen MR) is 149 cm³/mol. The molecule has 1 saturated heterocycles. The van der Waals surface area contributed by atoms with Gasteiger partial charge in [-0.25, -0.2) is 9.48 Å². The summed E-state index contributed by atoms with van der Waals surface area (Å²) >= 11 is 3.39. The first-order valence-corrected chi connectivity index (χ1v) is 15.6. The van der Waals surface area contributed by atoms with Crippen molar-refractivity contribution in [2.75, 3.05) is 24.3 Å². The van der Waals surface area contributed by atoms with Crippen LogP contribution in [0.25, 0.3) is 0 Å². The molecule has 2 atom stereocenters. The van der Waals surface area contributed by atoms with Crippen molar-refractivity contribution in [1.29, 1.82) is 0 Å². The van der Waals surface area contributed by atoms with Crippen molar-refractivity contribution in [2.45, 2.75) is 61.3 Å². The van der Waals surface area contributed by atoms with Gasteiger partial charge in [0.05, 0.1) is 20.1 Å². The average molecular weight is 639 g/mol. The molecule has 0 radical (unpaired) electrons. The van der Waals surface area contributed by atoms with Crippen LogP contribution < -0.4 is 11.1 Å². The van der Waals surface area contributed by atoms with Crippen LogP contribution >= 0.6 is 35.1 Å². The zero-order valence-corrected chi connectivity index (χ0v) is 24.6. The molecule has 0 bridgehead atoms. The number of nitrogens with zero attached hydrogens (tertiary/aromatic N) is 8. The van der Waals surface area contributed by atoms with E-state index in [0.717, 1.165) is 37.2 Å². The summed E-state index contributed by atoms with van der Waals surface area (Å²) in [5.41, 5.74) is 5.83.